The van der Waals surface area contributed by atoms with Crippen molar-refractivity contribution in [3.05, 3.63) is 0 Å². The molecule has 0 amide bonds. The van der Waals surface area contributed by atoms with Crippen molar-refractivity contribution in [3.8, 4) is 0 Å². The molecular formula is C15H30N2O. The van der Waals surface area contributed by atoms with Crippen LogP contribution in [0.25, 0.3) is 0 Å². The molecule has 106 valence electrons. The monoisotopic (exact) mass is 254 g/mol. The SMILES string of the molecule is CCCC1CCC(N)C(N2CC(C)OCC2C)C1. The lowest BCUT2D eigenvalue weighted by Gasteiger charge is -2.47. The van der Waals surface area contributed by atoms with E-state index in [0.717, 1.165) is 19.1 Å². The highest BCUT2D eigenvalue weighted by atomic mass is 16.5. The molecule has 0 spiro atoms. The van der Waals surface area contributed by atoms with Gasteiger partial charge in [-0.05, 0) is 39.0 Å². The highest BCUT2D eigenvalue weighted by molar-refractivity contribution is 4.92. The van der Waals surface area contributed by atoms with Gasteiger partial charge in [0.05, 0.1) is 12.7 Å². The molecule has 18 heavy (non-hydrogen) atoms. The number of ether oxygens (including phenoxy) is 1. The highest BCUT2D eigenvalue weighted by Crippen LogP contribution is 2.32. The minimum atomic E-state index is 0.361. The highest BCUT2D eigenvalue weighted by Gasteiger charge is 2.36. The molecule has 2 fully saturated rings. The lowest BCUT2D eigenvalue weighted by molar-refractivity contribution is -0.0776. The fourth-order valence-electron chi connectivity index (χ4n) is 3.70. The Balaban J connectivity index is 1.99. The summed E-state index contributed by atoms with van der Waals surface area (Å²) >= 11 is 0. The van der Waals surface area contributed by atoms with Crippen molar-refractivity contribution in [1.29, 1.82) is 0 Å². The van der Waals surface area contributed by atoms with Crippen molar-refractivity contribution in [2.24, 2.45) is 11.7 Å². The molecule has 1 saturated heterocycles. The van der Waals surface area contributed by atoms with Gasteiger partial charge in [0.25, 0.3) is 0 Å². The van der Waals surface area contributed by atoms with Crippen molar-refractivity contribution in [2.45, 2.75) is 77.1 Å². The van der Waals surface area contributed by atoms with E-state index in [2.05, 4.69) is 25.7 Å². The van der Waals surface area contributed by atoms with Crippen molar-refractivity contribution >= 4 is 0 Å². The third kappa shape index (κ3) is 3.25. The smallest absolute Gasteiger partial charge is 0.0674 e. The van der Waals surface area contributed by atoms with E-state index in [1.165, 1.54) is 32.1 Å². The molecule has 0 aromatic heterocycles. The molecule has 0 bridgehead atoms. The summed E-state index contributed by atoms with van der Waals surface area (Å²) in [6.07, 6.45) is 6.87. The lowest BCUT2D eigenvalue weighted by atomic mass is 9.79. The first-order chi connectivity index (χ1) is 8.61. The van der Waals surface area contributed by atoms with Gasteiger partial charge >= 0.3 is 0 Å². The fourth-order valence-corrected chi connectivity index (χ4v) is 3.70. The van der Waals surface area contributed by atoms with Gasteiger partial charge in [-0.2, -0.15) is 0 Å². The Bertz CT molecular complexity index is 259. The summed E-state index contributed by atoms with van der Waals surface area (Å²) in [4.78, 5) is 2.63. The standard InChI is InChI=1S/C15H30N2O/c1-4-5-13-6-7-14(16)15(8-13)17-9-12(3)18-10-11(17)2/h11-15H,4-10,16H2,1-3H3. The van der Waals surface area contributed by atoms with Crippen LogP contribution in [0.1, 0.15) is 52.9 Å². The molecule has 1 aliphatic carbocycles. The van der Waals surface area contributed by atoms with Crippen LogP contribution in [0.4, 0.5) is 0 Å². The fraction of sp³-hybridized carbons (Fsp3) is 1.00. The maximum absolute atomic E-state index is 6.39. The number of morpholine rings is 1. The number of hydrogen-bond acceptors (Lipinski definition) is 3. The van der Waals surface area contributed by atoms with Gasteiger partial charge in [0.15, 0.2) is 0 Å². The normalized spacial score (nSPS) is 43.0. The molecule has 0 radical (unpaired) electrons. The predicted molar refractivity (Wildman–Crippen MR) is 75.6 cm³/mol. The van der Waals surface area contributed by atoms with Gasteiger partial charge < -0.3 is 10.5 Å². The molecule has 2 rings (SSSR count). The quantitative estimate of drug-likeness (QED) is 0.840. The Morgan fingerprint density at radius 3 is 2.78 bits per heavy atom. The van der Waals surface area contributed by atoms with Crippen LogP contribution in [0, 0.1) is 5.92 Å². The third-order valence-corrected chi connectivity index (χ3v) is 4.76. The Morgan fingerprint density at radius 1 is 1.28 bits per heavy atom. The van der Waals surface area contributed by atoms with Crippen molar-refractivity contribution in [1.82, 2.24) is 4.90 Å². The molecule has 5 unspecified atom stereocenters. The topological polar surface area (TPSA) is 38.5 Å². The van der Waals surface area contributed by atoms with E-state index >= 15 is 0 Å². The summed E-state index contributed by atoms with van der Waals surface area (Å²) in [5.74, 6) is 0.894. The van der Waals surface area contributed by atoms with Crippen LogP contribution >= 0.6 is 0 Å². The van der Waals surface area contributed by atoms with E-state index in [4.69, 9.17) is 10.5 Å². The van der Waals surface area contributed by atoms with Gasteiger partial charge in [0, 0.05) is 24.7 Å². The third-order valence-electron chi connectivity index (χ3n) is 4.76. The number of hydrogen-bond donors (Lipinski definition) is 1. The van der Waals surface area contributed by atoms with E-state index < -0.39 is 0 Å². The molecule has 0 aromatic rings. The maximum Gasteiger partial charge on any atom is 0.0674 e. The Hall–Kier alpha value is -0.120. The summed E-state index contributed by atoms with van der Waals surface area (Å²) in [7, 11) is 0. The largest absolute Gasteiger partial charge is 0.376 e. The van der Waals surface area contributed by atoms with Gasteiger partial charge in [0.2, 0.25) is 0 Å². The van der Waals surface area contributed by atoms with E-state index in [1.54, 1.807) is 0 Å². The zero-order chi connectivity index (χ0) is 13.1. The molecule has 1 heterocycles. The zero-order valence-electron chi connectivity index (χ0n) is 12.3. The molecule has 5 atom stereocenters. The summed E-state index contributed by atoms with van der Waals surface area (Å²) in [6.45, 7) is 8.67. The first-order valence-electron chi connectivity index (χ1n) is 7.74. The summed E-state index contributed by atoms with van der Waals surface area (Å²) < 4.78 is 5.74. The molecule has 1 saturated carbocycles. The van der Waals surface area contributed by atoms with Crippen LogP contribution < -0.4 is 5.73 Å². The van der Waals surface area contributed by atoms with Crippen molar-refractivity contribution in [3.63, 3.8) is 0 Å². The number of rotatable bonds is 3. The van der Waals surface area contributed by atoms with E-state index in [0.29, 0.717) is 24.2 Å². The van der Waals surface area contributed by atoms with E-state index in [9.17, 15) is 0 Å². The van der Waals surface area contributed by atoms with Gasteiger partial charge in [-0.15, -0.1) is 0 Å². The van der Waals surface area contributed by atoms with Gasteiger partial charge in [-0.1, -0.05) is 19.8 Å². The zero-order valence-corrected chi connectivity index (χ0v) is 12.3. The minimum absolute atomic E-state index is 0.361. The average molecular weight is 254 g/mol. The van der Waals surface area contributed by atoms with Crippen LogP contribution in [0.5, 0.6) is 0 Å². The molecule has 3 heteroatoms. The summed E-state index contributed by atoms with van der Waals surface area (Å²) in [5.41, 5.74) is 6.39. The molecule has 3 nitrogen and oxygen atoms in total. The van der Waals surface area contributed by atoms with Crippen LogP contribution in [0.2, 0.25) is 0 Å². The minimum Gasteiger partial charge on any atom is -0.376 e. The van der Waals surface area contributed by atoms with Crippen LogP contribution in [0.15, 0.2) is 0 Å². The predicted octanol–water partition coefficient (Wildman–Crippen LogP) is 2.39. The molecule has 0 aromatic carbocycles. The number of nitrogens with zero attached hydrogens (tertiary/aromatic N) is 1. The summed E-state index contributed by atoms with van der Waals surface area (Å²) in [6, 6.07) is 1.47. The Kier molecular flexibility index (Phi) is 5.05. The second-order valence-corrected chi connectivity index (χ2v) is 6.39. The second-order valence-electron chi connectivity index (χ2n) is 6.39. The van der Waals surface area contributed by atoms with Gasteiger partial charge in [-0.25, -0.2) is 0 Å². The molecule has 1 aliphatic heterocycles. The van der Waals surface area contributed by atoms with Crippen molar-refractivity contribution in [2.75, 3.05) is 13.2 Å². The Labute approximate surface area is 112 Å². The average Bonchev–Trinajstić information content (AvgIpc) is 2.35. The maximum atomic E-state index is 6.39. The molecule has 2 aliphatic rings. The van der Waals surface area contributed by atoms with Crippen LogP contribution in [-0.4, -0.2) is 42.3 Å². The first-order valence-corrected chi connectivity index (χ1v) is 7.74. The molecular weight excluding hydrogens is 224 g/mol. The number of nitrogens with two attached hydrogens (primary N) is 1. The van der Waals surface area contributed by atoms with Crippen LogP contribution in [0.3, 0.4) is 0 Å². The van der Waals surface area contributed by atoms with Crippen molar-refractivity contribution < 1.29 is 4.74 Å². The van der Waals surface area contributed by atoms with E-state index in [1.807, 2.05) is 0 Å². The lowest BCUT2D eigenvalue weighted by Crippen LogP contribution is -2.59. The van der Waals surface area contributed by atoms with Crippen LogP contribution in [-0.2, 0) is 4.74 Å². The van der Waals surface area contributed by atoms with Gasteiger partial charge in [-0.3, -0.25) is 4.90 Å². The first kappa shape index (κ1) is 14.3. The van der Waals surface area contributed by atoms with Gasteiger partial charge in [0.1, 0.15) is 0 Å². The molecule has 2 N–H and O–H groups in total. The second kappa shape index (κ2) is 6.36. The summed E-state index contributed by atoms with van der Waals surface area (Å²) in [5, 5.41) is 0. The Morgan fingerprint density at radius 2 is 2.06 bits per heavy atom. The van der Waals surface area contributed by atoms with E-state index in [-0.39, 0.29) is 0 Å².